The third-order valence-electron chi connectivity index (χ3n) is 4.85. The molecule has 2 nitrogen and oxygen atoms in total. The van der Waals surface area contributed by atoms with Crippen LogP contribution in [0.1, 0.15) is 34.6 Å². The summed E-state index contributed by atoms with van der Waals surface area (Å²) < 4.78 is 12.4. The maximum Gasteiger partial charge on any atom is 0.327 e. The highest BCUT2D eigenvalue weighted by Crippen LogP contribution is 2.26. The molecule has 0 radical (unpaired) electrons. The van der Waals surface area contributed by atoms with Crippen molar-refractivity contribution < 1.29 is 8.54 Å². The molecule has 0 bridgehead atoms. The molecule has 120 valence electrons. The highest BCUT2D eigenvalue weighted by Gasteiger charge is 2.38. The molecule has 0 heterocycles. The molecule has 0 atom stereocenters. The zero-order valence-corrected chi connectivity index (χ0v) is 18.0. The Morgan fingerprint density at radius 2 is 1.20 bits per heavy atom. The molecular weight excluding hydrogens is 296 g/mol. The van der Waals surface area contributed by atoms with Crippen molar-refractivity contribution in [2.75, 3.05) is 7.11 Å². The van der Waals surface area contributed by atoms with Gasteiger partial charge in [-0.3, -0.25) is 0 Å². The summed E-state index contributed by atoms with van der Waals surface area (Å²) in [5, 5.41) is 0. The summed E-state index contributed by atoms with van der Waals surface area (Å²) in [7, 11) is -3.08. The van der Waals surface area contributed by atoms with Crippen molar-refractivity contribution in [2.45, 2.75) is 77.9 Å². The van der Waals surface area contributed by atoms with E-state index in [4.69, 9.17) is 8.54 Å². The quantitative estimate of drug-likeness (QED) is 0.493. The maximum absolute atomic E-state index is 6.59. The summed E-state index contributed by atoms with van der Waals surface area (Å²) in [4.78, 5) is 0. The van der Waals surface area contributed by atoms with E-state index in [0.717, 1.165) is 12.1 Å². The standard InChI is InChI=1S/C15H36O2Si3/c1-9-19(10-2,11-3)15-14-18(7,8)17-20(12-4,13-5)16-6/h14-15H,9-13H2,1-8H3. The van der Waals surface area contributed by atoms with Crippen molar-refractivity contribution in [3.8, 4) is 0 Å². The molecule has 0 aromatic carbocycles. The van der Waals surface area contributed by atoms with Gasteiger partial charge in [0.05, 0.1) is 8.07 Å². The number of hydrogen-bond donors (Lipinski definition) is 0. The summed E-state index contributed by atoms with van der Waals surface area (Å²) >= 11 is 0. The van der Waals surface area contributed by atoms with Crippen molar-refractivity contribution >= 4 is 25.0 Å². The highest BCUT2D eigenvalue weighted by atomic mass is 28.4. The van der Waals surface area contributed by atoms with Crippen LogP contribution in [0.3, 0.4) is 0 Å². The van der Waals surface area contributed by atoms with Gasteiger partial charge in [-0.1, -0.05) is 64.1 Å². The van der Waals surface area contributed by atoms with Crippen LogP contribution in [0, 0.1) is 0 Å². The summed E-state index contributed by atoms with van der Waals surface area (Å²) in [6, 6.07) is 6.12. The lowest BCUT2D eigenvalue weighted by atomic mass is 10.9. The molecule has 0 aliphatic carbocycles. The van der Waals surface area contributed by atoms with Crippen LogP contribution in [0.2, 0.25) is 43.3 Å². The van der Waals surface area contributed by atoms with Gasteiger partial charge in [-0.2, -0.15) is 0 Å². The molecule has 0 aliphatic heterocycles. The lowest BCUT2D eigenvalue weighted by Gasteiger charge is -2.35. The molecule has 0 spiro atoms. The minimum atomic E-state index is -1.95. The first kappa shape index (κ1) is 20.3. The van der Waals surface area contributed by atoms with Crippen LogP contribution in [0.4, 0.5) is 0 Å². The molecule has 0 aromatic rings. The van der Waals surface area contributed by atoms with E-state index in [1.165, 1.54) is 18.1 Å². The van der Waals surface area contributed by atoms with E-state index in [2.05, 4.69) is 59.1 Å². The van der Waals surface area contributed by atoms with Crippen LogP contribution >= 0.6 is 0 Å². The molecule has 0 saturated heterocycles. The lowest BCUT2D eigenvalue weighted by molar-refractivity contribution is 0.298. The fraction of sp³-hybridized carbons (Fsp3) is 0.867. The van der Waals surface area contributed by atoms with Crippen molar-refractivity contribution in [1.29, 1.82) is 0 Å². The fourth-order valence-electron chi connectivity index (χ4n) is 2.72. The molecule has 0 rings (SSSR count). The minimum absolute atomic E-state index is 1.04. The summed E-state index contributed by atoms with van der Waals surface area (Å²) in [6.07, 6.45) is 0. The van der Waals surface area contributed by atoms with Crippen LogP contribution in [0.25, 0.3) is 0 Å². The summed E-state index contributed by atoms with van der Waals surface area (Å²) in [5.74, 6) is 0. The van der Waals surface area contributed by atoms with Gasteiger partial charge in [0.15, 0.2) is 8.32 Å². The molecule has 0 aromatic heterocycles. The van der Waals surface area contributed by atoms with E-state index in [0.29, 0.717) is 0 Å². The van der Waals surface area contributed by atoms with Gasteiger partial charge in [-0.05, 0) is 25.2 Å². The van der Waals surface area contributed by atoms with Crippen LogP contribution in [-0.4, -0.2) is 32.1 Å². The molecule has 0 saturated carbocycles. The Morgan fingerprint density at radius 1 is 0.750 bits per heavy atom. The van der Waals surface area contributed by atoms with E-state index in [1.54, 1.807) is 0 Å². The average molecular weight is 333 g/mol. The number of rotatable bonds is 10. The Hall–Kier alpha value is 0.311. The Kier molecular flexibility index (Phi) is 8.82. The Balaban J connectivity index is 5.06. The number of hydrogen-bond acceptors (Lipinski definition) is 2. The Bertz CT molecular complexity index is 279. The topological polar surface area (TPSA) is 18.5 Å². The van der Waals surface area contributed by atoms with Gasteiger partial charge in [0, 0.05) is 7.11 Å². The minimum Gasteiger partial charge on any atom is -0.432 e. The second-order valence-corrected chi connectivity index (χ2v) is 19.5. The Labute approximate surface area is 130 Å². The molecule has 5 heteroatoms. The van der Waals surface area contributed by atoms with Crippen LogP contribution < -0.4 is 0 Å². The lowest BCUT2D eigenvalue weighted by Crippen LogP contribution is -2.49. The molecule has 0 unspecified atom stereocenters. The first-order chi connectivity index (χ1) is 9.28. The van der Waals surface area contributed by atoms with Gasteiger partial charge >= 0.3 is 8.56 Å². The van der Waals surface area contributed by atoms with Gasteiger partial charge in [-0.25, -0.2) is 0 Å². The molecule has 0 fully saturated rings. The Morgan fingerprint density at radius 3 is 1.50 bits per heavy atom. The van der Waals surface area contributed by atoms with Crippen LogP contribution in [-0.2, 0) is 8.54 Å². The van der Waals surface area contributed by atoms with Crippen LogP contribution in [0.15, 0.2) is 11.4 Å². The fourth-order valence-corrected chi connectivity index (χ4v) is 14.6. The van der Waals surface area contributed by atoms with E-state index >= 15 is 0 Å². The summed E-state index contributed by atoms with van der Waals surface area (Å²) in [6.45, 7) is 16.1. The van der Waals surface area contributed by atoms with E-state index < -0.39 is 25.0 Å². The highest BCUT2D eigenvalue weighted by molar-refractivity contribution is 6.89. The first-order valence-corrected chi connectivity index (χ1v) is 16.1. The molecular formula is C15H36O2Si3. The monoisotopic (exact) mass is 332 g/mol. The average Bonchev–Trinajstić information content (AvgIpc) is 2.47. The van der Waals surface area contributed by atoms with E-state index in [1.807, 2.05) is 7.11 Å². The van der Waals surface area contributed by atoms with Gasteiger partial charge in [-0.15, -0.1) is 0 Å². The largest absolute Gasteiger partial charge is 0.432 e. The third-order valence-corrected chi connectivity index (χ3v) is 17.7. The molecule has 0 N–H and O–H groups in total. The van der Waals surface area contributed by atoms with Crippen molar-refractivity contribution in [2.24, 2.45) is 0 Å². The van der Waals surface area contributed by atoms with E-state index in [-0.39, 0.29) is 0 Å². The van der Waals surface area contributed by atoms with Gasteiger partial charge in [0.2, 0.25) is 0 Å². The van der Waals surface area contributed by atoms with Gasteiger partial charge in [0.1, 0.15) is 0 Å². The SMILES string of the molecule is CC[Si](C=C[Si](C)(C)O[Si](CC)(CC)OC)(CC)CC. The maximum atomic E-state index is 6.59. The zero-order chi connectivity index (χ0) is 15.9. The normalized spacial score (nSPS) is 14.2. The van der Waals surface area contributed by atoms with Crippen molar-refractivity contribution in [1.82, 2.24) is 0 Å². The molecule has 20 heavy (non-hydrogen) atoms. The van der Waals surface area contributed by atoms with Crippen LogP contribution in [0.5, 0.6) is 0 Å². The predicted molar refractivity (Wildman–Crippen MR) is 98.6 cm³/mol. The zero-order valence-electron chi connectivity index (χ0n) is 15.0. The summed E-state index contributed by atoms with van der Waals surface area (Å²) in [5.41, 5.74) is 5.04. The third kappa shape index (κ3) is 5.60. The van der Waals surface area contributed by atoms with Crippen molar-refractivity contribution in [3.05, 3.63) is 11.4 Å². The first-order valence-electron chi connectivity index (χ1n) is 8.23. The van der Waals surface area contributed by atoms with Gasteiger partial charge in [0.25, 0.3) is 0 Å². The van der Waals surface area contributed by atoms with Gasteiger partial charge < -0.3 is 8.54 Å². The van der Waals surface area contributed by atoms with E-state index in [9.17, 15) is 0 Å². The van der Waals surface area contributed by atoms with Crippen molar-refractivity contribution in [3.63, 3.8) is 0 Å². The second kappa shape index (κ2) is 8.68. The second-order valence-electron chi connectivity index (χ2n) is 6.28. The molecule has 0 aliphatic rings. The smallest absolute Gasteiger partial charge is 0.327 e. The molecule has 0 amide bonds. The predicted octanol–water partition coefficient (Wildman–Crippen LogP) is 5.48.